The zero-order valence-electron chi connectivity index (χ0n) is 9.39. The lowest BCUT2D eigenvalue weighted by molar-refractivity contribution is 0.477. The van der Waals surface area contributed by atoms with Gasteiger partial charge < -0.3 is 5.73 Å². The van der Waals surface area contributed by atoms with Crippen molar-refractivity contribution in [3.05, 3.63) is 11.4 Å². The number of nitrogens with one attached hydrogen (secondary N) is 1. The zero-order valence-corrected chi connectivity index (χ0v) is 11.8. The van der Waals surface area contributed by atoms with Crippen molar-refractivity contribution in [3.8, 4) is 0 Å². The van der Waals surface area contributed by atoms with Crippen molar-refractivity contribution in [3.63, 3.8) is 0 Å². The Morgan fingerprint density at radius 2 is 2.12 bits per heavy atom. The minimum absolute atomic E-state index is 0.306. The fraction of sp³-hybridized carbons (Fsp3) is 0.600. The lowest BCUT2D eigenvalue weighted by atomic mass is 10.0. The van der Waals surface area contributed by atoms with Crippen LogP contribution in [0.4, 0.5) is 5.69 Å². The van der Waals surface area contributed by atoms with Gasteiger partial charge in [0.05, 0.1) is 0 Å². The summed E-state index contributed by atoms with van der Waals surface area (Å²) in [5, 5.41) is 1.64. The highest BCUT2D eigenvalue weighted by Gasteiger charge is 2.20. The highest BCUT2D eigenvalue weighted by atomic mass is 32.2. The number of rotatable bonds is 4. The van der Waals surface area contributed by atoms with Gasteiger partial charge in [-0.2, -0.15) is 11.8 Å². The first-order valence-electron chi connectivity index (χ1n) is 5.49. The van der Waals surface area contributed by atoms with E-state index in [-0.39, 0.29) is 0 Å². The molecule has 17 heavy (non-hydrogen) atoms. The van der Waals surface area contributed by atoms with E-state index >= 15 is 0 Å². The molecule has 96 valence electrons. The molecule has 0 amide bonds. The van der Waals surface area contributed by atoms with Gasteiger partial charge in [-0.1, -0.05) is 0 Å². The van der Waals surface area contributed by atoms with E-state index in [9.17, 15) is 8.42 Å². The third-order valence-corrected chi connectivity index (χ3v) is 6.69. The highest BCUT2D eigenvalue weighted by Crippen LogP contribution is 2.24. The maximum Gasteiger partial charge on any atom is 0.250 e. The van der Waals surface area contributed by atoms with Crippen LogP contribution in [0.2, 0.25) is 0 Å². The zero-order chi connectivity index (χ0) is 12.3. The summed E-state index contributed by atoms with van der Waals surface area (Å²) in [6.45, 7) is 0.542. The highest BCUT2D eigenvalue weighted by molar-refractivity contribution is 7.99. The summed E-state index contributed by atoms with van der Waals surface area (Å²) in [4.78, 5) is 0. The molecule has 1 fully saturated rings. The molecule has 0 atom stereocenters. The second-order valence-electron chi connectivity index (χ2n) is 4.11. The van der Waals surface area contributed by atoms with Crippen molar-refractivity contribution in [2.24, 2.45) is 5.92 Å². The Balaban J connectivity index is 1.93. The van der Waals surface area contributed by atoms with Gasteiger partial charge in [-0.3, -0.25) is 0 Å². The van der Waals surface area contributed by atoms with E-state index in [1.165, 1.54) is 6.07 Å². The molecule has 0 saturated carbocycles. The second kappa shape index (κ2) is 5.60. The van der Waals surface area contributed by atoms with Crippen molar-refractivity contribution in [1.29, 1.82) is 0 Å². The van der Waals surface area contributed by atoms with Gasteiger partial charge in [-0.05, 0) is 36.3 Å². The van der Waals surface area contributed by atoms with E-state index in [1.54, 1.807) is 5.38 Å². The van der Waals surface area contributed by atoms with Gasteiger partial charge in [-0.15, -0.1) is 11.3 Å². The minimum atomic E-state index is -3.36. The van der Waals surface area contributed by atoms with Crippen LogP contribution in [0, 0.1) is 5.92 Å². The number of sulfonamides is 1. The monoisotopic (exact) mass is 292 g/mol. The summed E-state index contributed by atoms with van der Waals surface area (Å²) in [7, 11) is -3.36. The first-order chi connectivity index (χ1) is 8.08. The molecule has 1 aliphatic rings. The summed E-state index contributed by atoms with van der Waals surface area (Å²) in [6, 6.07) is 1.50. The predicted octanol–water partition coefficient (Wildman–Crippen LogP) is 1.75. The molecule has 2 rings (SSSR count). The standard InChI is InChI=1S/C10H16N2O2S3/c11-9-5-10(16-7-9)17(13,14)12-6-8-1-3-15-4-2-8/h5,7-8,12H,1-4,6,11H2. The maximum atomic E-state index is 11.9. The number of thiophene rings is 1. The van der Waals surface area contributed by atoms with Gasteiger partial charge >= 0.3 is 0 Å². The van der Waals surface area contributed by atoms with Gasteiger partial charge in [0, 0.05) is 17.6 Å². The average molecular weight is 292 g/mol. The number of nitrogen functional groups attached to an aromatic ring is 1. The summed E-state index contributed by atoms with van der Waals surface area (Å²) < 4.78 is 26.8. The molecule has 3 N–H and O–H groups in total. The van der Waals surface area contributed by atoms with Crippen molar-refractivity contribution in [2.45, 2.75) is 17.1 Å². The molecule has 0 unspecified atom stereocenters. The molecule has 1 aromatic heterocycles. The van der Waals surface area contributed by atoms with Crippen LogP contribution in [-0.2, 0) is 10.0 Å². The molecule has 0 spiro atoms. The minimum Gasteiger partial charge on any atom is -0.398 e. The molecular weight excluding hydrogens is 276 g/mol. The molecular formula is C10H16N2O2S3. The first-order valence-corrected chi connectivity index (χ1v) is 9.01. The molecule has 1 saturated heterocycles. The van der Waals surface area contributed by atoms with E-state index in [1.807, 2.05) is 11.8 Å². The van der Waals surface area contributed by atoms with Crippen molar-refractivity contribution < 1.29 is 8.42 Å². The van der Waals surface area contributed by atoms with E-state index < -0.39 is 10.0 Å². The Labute approximate surface area is 110 Å². The van der Waals surface area contributed by atoms with Crippen LogP contribution in [0.25, 0.3) is 0 Å². The number of hydrogen-bond acceptors (Lipinski definition) is 5. The van der Waals surface area contributed by atoms with Gasteiger partial charge in [0.25, 0.3) is 0 Å². The molecule has 0 bridgehead atoms. The molecule has 1 aromatic rings. The molecule has 7 heteroatoms. The fourth-order valence-electron chi connectivity index (χ4n) is 1.72. The molecule has 0 aliphatic carbocycles. The quantitative estimate of drug-likeness (QED) is 0.887. The van der Waals surface area contributed by atoms with Gasteiger partial charge in [0.1, 0.15) is 4.21 Å². The Morgan fingerprint density at radius 1 is 1.41 bits per heavy atom. The van der Waals surface area contributed by atoms with E-state index in [0.717, 1.165) is 35.7 Å². The van der Waals surface area contributed by atoms with E-state index in [0.29, 0.717) is 22.4 Å². The SMILES string of the molecule is Nc1csc(S(=O)(=O)NCC2CCSCC2)c1. The van der Waals surface area contributed by atoms with Gasteiger partial charge in [0.15, 0.2) is 0 Å². The number of thioether (sulfide) groups is 1. The summed E-state index contributed by atoms with van der Waals surface area (Å²) in [5.41, 5.74) is 6.03. The number of nitrogens with two attached hydrogens (primary N) is 1. The van der Waals surface area contributed by atoms with Crippen LogP contribution >= 0.6 is 23.1 Å². The van der Waals surface area contributed by atoms with Gasteiger partial charge in [0.2, 0.25) is 10.0 Å². The van der Waals surface area contributed by atoms with Gasteiger partial charge in [-0.25, -0.2) is 13.1 Å². The van der Waals surface area contributed by atoms with Crippen molar-refractivity contribution >= 4 is 38.8 Å². The normalized spacial score (nSPS) is 18.4. The molecule has 4 nitrogen and oxygen atoms in total. The second-order valence-corrected chi connectivity index (χ2v) is 8.24. The lowest BCUT2D eigenvalue weighted by Crippen LogP contribution is -2.30. The number of hydrogen-bond donors (Lipinski definition) is 2. The molecule has 1 aliphatic heterocycles. The average Bonchev–Trinajstić information content (AvgIpc) is 2.76. The van der Waals surface area contributed by atoms with Crippen LogP contribution in [-0.4, -0.2) is 26.5 Å². The molecule has 0 aromatic carbocycles. The Bertz CT molecular complexity index is 464. The van der Waals surface area contributed by atoms with Crippen molar-refractivity contribution in [1.82, 2.24) is 4.72 Å². The Kier molecular flexibility index (Phi) is 4.35. The summed E-state index contributed by atoms with van der Waals surface area (Å²) >= 11 is 3.10. The lowest BCUT2D eigenvalue weighted by Gasteiger charge is -2.21. The Morgan fingerprint density at radius 3 is 2.71 bits per heavy atom. The van der Waals surface area contributed by atoms with Crippen LogP contribution in [0.5, 0.6) is 0 Å². The van der Waals surface area contributed by atoms with Crippen LogP contribution < -0.4 is 10.5 Å². The van der Waals surface area contributed by atoms with E-state index in [4.69, 9.17) is 5.73 Å². The van der Waals surface area contributed by atoms with Crippen LogP contribution in [0.3, 0.4) is 0 Å². The van der Waals surface area contributed by atoms with Crippen LogP contribution in [0.15, 0.2) is 15.7 Å². The number of anilines is 1. The summed E-state index contributed by atoms with van der Waals surface area (Å²) in [5.74, 6) is 2.75. The third kappa shape index (κ3) is 3.61. The third-order valence-electron chi connectivity index (χ3n) is 2.76. The smallest absolute Gasteiger partial charge is 0.250 e. The predicted molar refractivity (Wildman–Crippen MR) is 74.0 cm³/mol. The Hall–Kier alpha value is -0.240. The fourth-order valence-corrected chi connectivity index (χ4v) is 5.17. The summed E-state index contributed by atoms with van der Waals surface area (Å²) in [6.07, 6.45) is 2.19. The first kappa shape index (κ1) is 13.2. The van der Waals surface area contributed by atoms with E-state index in [2.05, 4.69) is 4.72 Å². The topological polar surface area (TPSA) is 72.2 Å². The maximum absolute atomic E-state index is 11.9. The largest absolute Gasteiger partial charge is 0.398 e. The molecule has 0 radical (unpaired) electrons. The van der Waals surface area contributed by atoms with Crippen molar-refractivity contribution in [2.75, 3.05) is 23.8 Å². The van der Waals surface area contributed by atoms with Crippen LogP contribution in [0.1, 0.15) is 12.8 Å². The molecule has 2 heterocycles.